The number of benzene rings is 5. The molecule has 2 amide bonds. The first kappa shape index (κ1) is 37.2. The second-order valence-electron chi connectivity index (χ2n) is 14.7. The number of cyclic esters (lactones) is 1. The highest BCUT2D eigenvalue weighted by Crippen LogP contribution is 2.47. The van der Waals surface area contributed by atoms with E-state index >= 15 is 0 Å². The van der Waals surface area contributed by atoms with E-state index in [1.165, 1.54) is 21.3 Å². The molecule has 5 aromatic rings. The van der Waals surface area contributed by atoms with Crippen LogP contribution in [-0.4, -0.2) is 31.3 Å². The van der Waals surface area contributed by atoms with Gasteiger partial charge >= 0.3 is 6.09 Å². The largest absolute Gasteiger partial charge is 0.430 e. The van der Waals surface area contributed by atoms with Gasteiger partial charge in [-0.2, -0.15) is 0 Å². The smallest absolute Gasteiger partial charge is 0.418 e. The molecule has 1 aliphatic heterocycles. The lowest BCUT2D eigenvalue weighted by atomic mass is 9.75. The average Bonchev–Trinajstić information content (AvgIpc) is 3.48. The third-order valence-corrected chi connectivity index (χ3v) is 15.6. The van der Waals surface area contributed by atoms with Crippen molar-refractivity contribution in [2.75, 3.05) is 0 Å². The zero-order valence-electron chi connectivity index (χ0n) is 30.4. The first-order valence-corrected chi connectivity index (χ1v) is 20.6. The molecule has 1 unspecified atom stereocenters. The molecule has 0 saturated carbocycles. The summed E-state index contributed by atoms with van der Waals surface area (Å²) in [5, 5.41) is 2.10. The van der Waals surface area contributed by atoms with Crippen LogP contribution in [0.1, 0.15) is 63.8 Å². The van der Waals surface area contributed by atoms with Crippen molar-refractivity contribution in [3.8, 4) is 0 Å². The minimum atomic E-state index is -2.96. The Labute approximate surface area is 317 Å². The van der Waals surface area contributed by atoms with E-state index in [4.69, 9.17) is 9.16 Å². The molecule has 266 valence electrons. The van der Waals surface area contributed by atoms with Crippen molar-refractivity contribution in [2.45, 2.75) is 63.8 Å². The monoisotopic (exact) mass is 771 g/mol. The fourth-order valence-electron chi connectivity index (χ4n) is 7.74. The number of ether oxygens (including phenoxy) is 1. The molecule has 6 rings (SSSR count). The Morgan fingerprint density at radius 1 is 0.788 bits per heavy atom. The van der Waals surface area contributed by atoms with Crippen LogP contribution in [0.5, 0.6) is 0 Å². The minimum Gasteiger partial charge on any atom is -0.430 e. The first-order chi connectivity index (χ1) is 25.0. The number of hydrogen-bond donors (Lipinski definition) is 0. The highest BCUT2D eigenvalue weighted by Gasteiger charge is 2.59. The number of carbonyl (C=O) groups excluding carboxylic acids is 2. The molecule has 1 fully saturated rings. The first-order valence-electron chi connectivity index (χ1n) is 17.9. The quantitative estimate of drug-likeness (QED) is 0.0992. The van der Waals surface area contributed by atoms with Crippen LogP contribution in [0.3, 0.4) is 0 Å². The molecule has 0 radical (unpaired) electrons. The second kappa shape index (κ2) is 15.6. The van der Waals surface area contributed by atoms with Crippen LogP contribution in [0.2, 0.25) is 5.04 Å². The van der Waals surface area contributed by atoms with Crippen molar-refractivity contribution in [3.63, 3.8) is 0 Å². The zero-order chi connectivity index (χ0) is 36.9. The molecule has 5 nitrogen and oxygen atoms in total. The Morgan fingerprint density at radius 2 is 1.25 bits per heavy atom. The summed E-state index contributed by atoms with van der Waals surface area (Å²) >= 11 is 3.60. The fourth-order valence-corrected chi connectivity index (χ4v) is 12.7. The van der Waals surface area contributed by atoms with Gasteiger partial charge < -0.3 is 9.16 Å². The van der Waals surface area contributed by atoms with Gasteiger partial charge in [0.15, 0.2) is 5.60 Å². The molecule has 0 N–H and O–H groups in total. The van der Waals surface area contributed by atoms with Gasteiger partial charge in [-0.05, 0) is 51.5 Å². The van der Waals surface area contributed by atoms with Crippen LogP contribution in [0.25, 0.3) is 0 Å². The third-order valence-electron chi connectivity index (χ3n) is 10.0. The van der Waals surface area contributed by atoms with Gasteiger partial charge in [0.2, 0.25) is 0 Å². The molecule has 2 atom stereocenters. The van der Waals surface area contributed by atoms with Gasteiger partial charge in [0, 0.05) is 15.6 Å². The summed E-state index contributed by atoms with van der Waals surface area (Å²) in [5.74, 6) is -0.532. The number of hydrogen-bond acceptors (Lipinski definition) is 4. The van der Waals surface area contributed by atoms with E-state index in [0.29, 0.717) is 6.42 Å². The van der Waals surface area contributed by atoms with Gasteiger partial charge in [0.25, 0.3) is 14.2 Å². The lowest BCUT2D eigenvalue weighted by Gasteiger charge is -2.45. The van der Waals surface area contributed by atoms with E-state index in [2.05, 4.69) is 97.4 Å². The Bertz CT molecular complexity index is 1900. The molecule has 0 bridgehead atoms. The number of amides is 2. The van der Waals surface area contributed by atoms with Gasteiger partial charge in [-0.25, -0.2) is 9.69 Å². The van der Waals surface area contributed by atoms with Gasteiger partial charge in [-0.3, -0.25) is 4.79 Å². The number of rotatable bonds is 11. The Balaban J connectivity index is 1.38. The highest BCUT2D eigenvalue weighted by atomic mass is 79.9. The Kier molecular flexibility index (Phi) is 11.1. The summed E-state index contributed by atoms with van der Waals surface area (Å²) in [4.78, 5) is 29.5. The van der Waals surface area contributed by atoms with Crippen molar-refractivity contribution in [1.29, 1.82) is 0 Å². The number of carbonyl (C=O) groups is 2. The van der Waals surface area contributed by atoms with Gasteiger partial charge in [0.1, 0.15) is 0 Å². The summed E-state index contributed by atoms with van der Waals surface area (Å²) in [5.41, 5.74) is 1.48. The molecule has 5 aromatic carbocycles. The lowest BCUT2D eigenvalue weighted by Crippen LogP contribution is -2.66. The molecule has 0 spiro atoms. The Hall–Kier alpha value is -4.56. The van der Waals surface area contributed by atoms with E-state index < -0.39 is 32.0 Å². The number of halogens is 1. The van der Waals surface area contributed by atoms with Crippen molar-refractivity contribution in [2.24, 2.45) is 5.92 Å². The van der Waals surface area contributed by atoms with Crippen LogP contribution in [-0.2, 0) is 19.6 Å². The molecule has 7 heteroatoms. The third kappa shape index (κ3) is 7.10. The molecule has 0 aliphatic carbocycles. The van der Waals surface area contributed by atoms with Crippen LogP contribution >= 0.6 is 15.9 Å². The standard InChI is InChI=1S/C45H46BrNO4Si/c1-33(2)42-45(35-19-10-6-11-20-35,36-21-12-7-13-22-36)50-43(49)47(42)41(48)28-18-27-40(34-29-31-37(46)32-30-34)51-52(44(3,4)5,38-23-14-8-15-24-38)39-25-16-9-17-26-39/h6-26,28-33,40,42H,27H2,1-5H3/b28-18+/t40-,42?/m1/s1. The van der Waals surface area contributed by atoms with E-state index in [1.54, 1.807) is 0 Å². The molecule has 1 heterocycles. The SMILES string of the molecule is CC(C)C1N(C(=O)/C=C/C[C@@H](O[Si](c2ccccc2)(c2ccccc2)C(C)(C)C)c2ccc(Br)cc2)C(=O)OC1(c1ccccc1)c1ccccc1. The second-order valence-corrected chi connectivity index (χ2v) is 19.9. The maximum atomic E-state index is 14.3. The van der Waals surface area contributed by atoms with E-state index in [0.717, 1.165) is 21.2 Å². The average molecular weight is 773 g/mol. The summed E-state index contributed by atoms with van der Waals surface area (Å²) in [7, 11) is -2.96. The van der Waals surface area contributed by atoms with Crippen molar-refractivity contribution >= 4 is 46.6 Å². The van der Waals surface area contributed by atoms with Crippen molar-refractivity contribution in [3.05, 3.63) is 179 Å². The fraction of sp³-hybridized carbons (Fsp3) is 0.244. The summed E-state index contributed by atoms with van der Waals surface area (Å²) in [6.45, 7) is 10.8. The predicted molar refractivity (Wildman–Crippen MR) is 215 cm³/mol. The lowest BCUT2D eigenvalue weighted by molar-refractivity contribution is -0.125. The van der Waals surface area contributed by atoms with Gasteiger partial charge in [0.05, 0.1) is 12.1 Å². The van der Waals surface area contributed by atoms with Crippen molar-refractivity contribution in [1.82, 2.24) is 4.90 Å². The highest BCUT2D eigenvalue weighted by molar-refractivity contribution is 9.10. The van der Waals surface area contributed by atoms with E-state index in [1.807, 2.05) is 105 Å². The van der Waals surface area contributed by atoms with Gasteiger partial charge in [-0.15, -0.1) is 0 Å². The Morgan fingerprint density at radius 3 is 1.69 bits per heavy atom. The topological polar surface area (TPSA) is 55.8 Å². The van der Waals surface area contributed by atoms with Crippen LogP contribution in [0, 0.1) is 5.92 Å². The molecule has 52 heavy (non-hydrogen) atoms. The van der Waals surface area contributed by atoms with Gasteiger partial charge in [-0.1, -0.05) is 190 Å². The van der Waals surface area contributed by atoms with Crippen LogP contribution in [0.4, 0.5) is 4.79 Å². The number of nitrogens with zero attached hydrogens (tertiary/aromatic N) is 1. The number of imide groups is 1. The molecular weight excluding hydrogens is 726 g/mol. The normalized spacial score (nSPS) is 16.6. The maximum Gasteiger partial charge on any atom is 0.418 e. The maximum absolute atomic E-state index is 14.3. The molecular formula is C45H46BrNO4Si. The zero-order valence-corrected chi connectivity index (χ0v) is 33.0. The molecule has 0 aromatic heterocycles. The summed E-state index contributed by atoms with van der Waals surface area (Å²) < 4.78 is 14.9. The van der Waals surface area contributed by atoms with E-state index in [9.17, 15) is 9.59 Å². The molecule has 1 aliphatic rings. The van der Waals surface area contributed by atoms with Crippen LogP contribution in [0.15, 0.2) is 162 Å². The summed E-state index contributed by atoms with van der Waals surface area (Å²) in [6, 6.07) is 48.2. The molecule has 1 saturated heterocycles. The van der Waals surface area contributed by atoms with E-state index in [-0.39, 0.29) is 17.1 Å². The summed E-state index contributed by atoms with van der Waals surface area (Å²) in [6.07, 6.45) is 2.73. The minimum absolute atomic E-state index is 0.113. The predicted octanol–water partition coefficient (Wildman–Crippen LogP) is 9.96. The van der Waals surface area contributed by atoms with Crippen molar-refractivity contribution < 1.29 is 18.8 Å². The van der Waals surface area contributed by atoms with Crippen LogP contribution < -0.4 is 10.4 Å².